The van der Waals surface area contributed by atoms with Crippen LogP contribution in [0.25, 0.3) is 22.6 Å². The number of rotatable bonds is 4. The van der Waals surface area contributed by atoms with E-state index in [0.717, 1.165) is 4.57 Å². The van der Waals surface area contributed by atoms with Gasteiger partial charge in [-0.3, -0.25) is 28.6 Å². The molecule has 3 aromatic heterocycles. The molecule has 1 aromatic carbocycles. The van der Waals surface area contributed by atoms with Gasteiger partial charge in [-0.25, -0.2) is 4.79 Å². The lowest BCUT2D eigenvalue weighted by Crippen LogP contribution is -2.37. The molecule has 4 rings (SSSR count). The summed E-state index contributed by atoms with van der Waals surface area (Å²) >= 11 is 6.17. The number of hydrogen-bond acceptors (Lipinski definition) is 8. The second-order valence-electron chi connectivity index (χ2n) is 6.15. The smallest absolute Gasteiger partial charge is 0.332 e. The molecule has 0 aliphatic heterocycles. The summed E-state index contributed by atoms with van der Waals surface area (Å²) < 4.78 is 9.13. The number of halogens is 1. The molecule has 0 N–H and O–H groups in total. The van der Waals surface area contributed by atoms with E-state index in [1.54, 1.807) is 0 Å². The lowest BCUT2D eigenvalue weighted by atomic mass is 10.2. The normalized spacial score (nSPS) is 11.3. The molecule has 0 aliphatic rings. The Hall–Kier alpha value is -3.80. The van der Waals surface area contributed by atoms with E-state index >= 15 is 0 Å². The minimum atomic E-state index is -0.558. The molecule has 12 nitrogen and oxygen atoms in total. The topological polar surface area (TPSA) is 144 Å². The average Bonchev–Trinajstić information content (AvgIpc) is 3.30. The Morgan fingerprint density at radius 2 is 1.83 bits per heavy atom. The Balaban J connectivity index is 1.73. The standard InChI is InChI=1S/C16H12ClN7O5/c1-21-12-11(14(25)22(2)16(21)26)23(15(17)18-12)7-10-19-20-13(29-10)8-3-5-9(6-4-8)24(27)28/h3-6H,7H2,1-2H3. The highest BCUT2D eigenvalue weighted by atomic mass is 35.5. The zero-order valence-corrected chi connectivity index (χ0v) is 15.8. The monoisotopic (exact) mass is 417 g/mol. The third-order valence-corrected chi connectivity index (χ3v) is 4.68. The number of non-ortho nitro benzene ring substituents is 1. The summed E-state index contributed by atoms with van der Waals surface area (Å²) in [7, 11) is 2.84. The number of benzene rings is 1. The molecule has 0 unspecified atom stereocenters. The number of hydrogen-bond donors (Lipinski definition) is 0. The van der Waals surface area contributed by atoms with Gasteiger partial charge in [0, 0.05) is 31.8 Å². The molecule has 4 aromatic rings. The van der Waals surface area contributed by atoms with Crippen molar-refractivity contribution in [3.05, 3.63) is 66.4 Å². The fourth-order valence-corrected chi connectivity index (χ4v) is 3.08. The molecule has 148 valence electrons. The van der Waals surface area contributed by atoms with Crippen LogP contribution in [-0.4, -0.2) is 33.8 Å². The highest BCUT2D eigenvalue weighted by Crippen LogP contribution is 2.23. The van der Waals surface area contributed by atoms with E-state index in [4.69, 9.17) is 16.0 Å². The summed E-state index contributed by atoms with van der Waals surface area (Å²) in [6.07, 6.45) is 0. The van der Waals surface area contributed by atoms with E-state index < -0.39 is 16.2 Å². The number of aromatic nitrogens is 6. The van der Waals surface area contributed by atoms with Gasteiger partial charge >= 0.3 is 5.69 Å². The first-order valence-corrected chi connectivity index (χ1v) is 8.54. The first-order chi connectivity index (χ1) is 13.8. The lowest BCUT2D eigenvalue weighted by Gasteiger charge is -2.05. The van der Waals surface area contributed by atoms with Crippen molar-refractivity contribution in [2.75, 3.05) is 0 Å². The van der Waals surface area contributed by atoms with Crippen LogP contribution in [0.5, 0.6) is 0 Å². The molecule has 3 heterocycles. The van der Waals surface area contributed by atoms with Crippen molar-refractivity contribution < 1.29 is 9.34 Å². The number of aryl methyl sites for hydroxylation is 1. The summed E-state index contributed by atoms with van der Waals surface area (Å²) in [5.41, 5.74) is -0.395. The second-order valence-corrected chi connectivity index (χ2v) is 6.49. The molecule has 13 heteroatoms. The van der Waals surface area contributed by atoms with Crippen molar-refractivity contribution in [2.45, 2.75) is 6.54 Å². The van der Waals surface area contributed by atoms with Crippen LogP contribution in [0.1, 0.15) is 5.89 Å². The molecule has 0 bridgehead atoms. The molecule has 29 heavy (non-hydrogen) atoms. The van der Waals surface area contributed by atoms with Crippen LogP contribution in [-0.2, 0) is 20.6 Å². The number of fused-ring (bicyclic) bond motifs is 1. The van der Waals surface area contributed by atoms with Crippen molar-refractivity contribution in [3.8, 4) is 11.5 Å². The molecule has 0 spiro atoms. The van der Waals surface area contributed by atoms with Gasteiger partial charge in [0.25, 0.3) is 11.2 Å². The zero-order chi connectivity index (χ0) is 20.9. The van der Waals surface area contributed by atoms with Gasteiger partial charge in [-0.1, -0.05) is 0 Å². The molecule has 0 radical (unpaired) electrons. The van der Waals surface area contributed by atoms with E-state index in [0.29, 0.717) is 5.56 Å². The van der Waals surface area contributed by atoms with Gasteiger partial charge in [-0.15, -0.1) is 10.2 Å². The summed E-state index contributed by atoms with van der Waals surface area (Å²) in [6, 6.07) is 5.62. The van der Waals surface area contributed by atoms with E-state index in [1.807, 2.05) is 0 Å². The Morgan fingerprint density at radius 1 is 1.14 bits per heavy atom. The lowest BCUT2D eigenvalue weighted by molar-refractivity contribution is -0.384. The number of imidazole rings is 1. The number of nitro groups is 1. The minimum absolute atomic E-state index is 0.0200. The first kappa shape index (κ1) is 18.6. The van der Waals surface area contributed by atoms with Crippen LogP contribution in [0.15, 0.2) is 38.3 Å². The molecule has 0 atom stereocenters. The van der Waals surface area contributed by atoms with Crippen molar-refractivity contribution in [1.29, 1.82) is 0 Å². The number of nitro benzene ring substituents is 1. The molecule has 0 saturated carbocycles. The largest absolute Gasteiger partial charge is 0.419 e. The molecular formula is C16H12ClN7O5. The van der Waals surface area contributed by atoms with Crippen molar-refractivity contribution in [2.24, 2.45) is 14.1 Å². The van der Waals surface area contributed by atoms with E-state index in [2.05, 4.69) is 15.2 Å². The molecule has 0 saturated heterocycles. The van der Waals surface area contributed by atoms with Gasteiger partial charge in [-0.2, -0.15) is 4.98 Å². The average molecular weight is 418 g/mol. The molecule has 0 fully saturated rings. The Bertz CT molecular complexity index is 1380. The molecular weight excluding hydrogens is 406 g/mol. The predicted molar refractivity (Wildman–Crippen MR) is 101 cm³/mol. The van der Waals surface area contributed by atoms with E-state index in [9.17, 15) is 19.7 Å². The number of nitrogens with zero attached hydrogens (tertiary/aromatic N) is 7. The zero-order valence-electron chi connectivity index (χ0n) is 15.1. The molecule has 0 amide bonds. The summed E-state index contributed by atoms with van der Waals surface area (Å²) in [5, 5.41) is 18.6. The maximum Gasteiger partial charge on any atom is 0.332 e. The van der Waals surface area contributed by atoms with Crippen LogP contribution in [0, 0.1) is 10.1 Å². The molecule has 0 aliphatic carbocycles. The van der Waals surface area contributed by atoms with Gasteiger partial charge in [0.2, 0.25) is 17.1 Å². The fourth-order valence-electron chi connectivity index (χ4n) is 2.86. The Kier molecular flexibility index (Phi) is 4.27. The Morgan fingerprint density at radius 3 is 2.48 bits per heavy atom. The van der Waals surface area contributed by atoms with Gasteiger partial charge < -0.3 is 4.42 Å². The SMILES string of the molecule is Cn1c(=O)c2c(nc(Cl)n2Cc2nnc(-c3ccc([N+](=O)[O-])cc3)o2)n(C)c1=O. The van der Waals surface area contributed by atoms with Gasteiger partial charge in [-0.05, 0) is 23.7 Å². The predicted octanol–water partition coefficient (Wildman–Crippen LogP) is 1.09. The van der Waals surface area contributed by atoms with Crippen LogP contribution in [0.4, 0.5) is 5.69 Å². The van der Waals surface area contributed by atoms with Crippen LogP contribution < -0.4 is 11.2 Å². The maximum atomic E-state index is 12.5. The summed E-state index contributed by atoms with van der Waals surface area (Å²) in [5.74, 6) is 0.284. The van der Waals surface area contributed by atoms with Crippen LogP contribution in [0.3, 0.4) is 0 Å². The van der Waals surface area contributed by atoms with Crippen molar-refractivity contribution in [3.63, 3.8) is 0 Å². The van der Waals surface area contributed by atoms with Gasteiger partial charge in [0.15, 0.2) is 11.2 Å². The third-order valence-electron chi connectivity index (χ3n) is 4.39. The van der Waals surface area contributed by atoms with Gasteiger partial charge in [0.1, 0.15) is 6.54 Å². The van der Waals surface area contributed by atoms with Crippen LogP contribution in [0.2, 0.25) is 5.28 Å². The highest BCUT2D eigenvalue weighted by Gasteiger charge is 2.20. The highest BCUT2D eigenvalue weighted by molar-refractivity contribution is 6.29. The summed E-state index contributed by atoms with van der Waals surface area (Å²) in [6.45, 7) is -0.0528. The quantitative estimate of drug-likeness (QED) is 0.272. The second kappa shape index (κ2) is 6.67. The van der Waals surface area contributed by atoms with E-state index in [1.165, 1.54) is 47.5 Å². The van der Waals surface area contributed by atoms with Crippen molar-refractivity contribution in [1.82, 2.24) is 28.9 Å². The van der Waals surface area contributed by atoms with Crippen molar-refractivity contribution >= 4 is 28.5 Å². The first-order valence-electron chi connectivity index (χ1n) is 8.17. The van der Waals surface area contributed by atoms with Crippen LogP contribution >= 0.6 is 11.6 Å². The summed E-state index contributed by atoms with van der Waals surface area (Å²) in [4.78, 5) is 38.9. The fraction of sp³-hybridized carbons (Fsp3) is 0.188. The van der Waals surface area contributed by atoms with Gasteiger partial charge in [0.05, 0.1) is 4.92 Å². The third kappa shape index (κ3) is 2.99. The minimum Gasteiger partial charge on any atom is -0.419 e. The maximum absolute atomic E-state index is 12.5. The van der Waals surface area contributed by atoms with E-state index in [-0.39, 0.29) is 40.5 Å². The Labute approximate surface area is 165 Å².